The summed E-state index contributed by atoms with van der Waals surface area (Å²) in [5, 5.41) is 5.73. The van der Waals surface area contributed by atoms with Crippen molar-refractivity contribution in [3.05, 3.63) is 111 Å². The average Bonchev–Trinajstić information content (AvgIpc) is 3.76. The van der Waals surface area contributed by atoms with E-state index in [0.29, 0.717) is 32.3 Å². The smallest absolute Gasteiger partial charge is 0.408 e. The van der Waals surface area contributed by atoms with Gasteiger partial charge in [-0.25, -0.2) is 14.6 Å². The number of rotatable bonds is 18. The first-order valence-electron chi connectivity index (χ1n) is 20.3. The van der Waals surface area contributed by atoms with Gasteiger partial charge in [0.15, 0.2) is 11.5 Å². The van der Waals surface area contributed by atoms with Crippen LogP contribution in [0.1, 0.15) is 100 Å². The number of anilines is 1. The Bertz CT molecular complexity index is 2160. The number of nitrogens with one attached hydrogen (secondary N) is 2. The first-order chi connectivity index (χ1) is 28.9. The molecule has 61 heavy (non-hydrogen) atoms. The zero-order valence-corrected chi connectivity index (χ0v) is 39.7. The van der Waals surface area contributed by atoms with E-state index >= 15 is 0 Å². The van der Waals surface area contributed by atoms with Crippen molar-refractivity contribution in [2.24, 2.45) is 5.92 Å². The SMILES string of the molecule is COCN1C(=O)C(Cl)(c2oc([C@@H](NC(=O)[C@H](Cc3ccc(O[Si](C(C)C)(C(C)C)C(C)C)cc3)NC(=O)OCc3ccccc3)C(C)C)nc2C(=O)OC)c2cccc(Br)c21. The number of ether oxygens (including phenoxy) is 3. The second-order valence-corrected chi connectivity index (χ2v) is 23.2. The highest BCUT2D eigenvalue weighted by Gasteiger charge is 2.57. The molecule has 1 aliphatic heterocycles. The van der Waals surface area contributed by atoms with Crippen LogP contribution in [0.15, 0.2) is 81.7 Å². The van der Waals surface area contributed by atoms with E-state index in [-0.39, 0.29) is 43.0 Å². The van der Waals surface area contributed by atoms with Crippen molar-refractivity contribution in [1.82, 2.24) is 15.6 Å². The van der Waals surface area contributed by atoms with E-state index in [1.807, 2.05) is 68.4 Å². The van der Waals surface area contributed by atoms with Crippen LogP contribution in [0, 0.1) is 5.92 Å². The van der Waals surface area contributed by atoms with Gasteiger partial charge in [0.05, 0.1) is 12.8 Å². The summed E-state index contributed by atoms with van der Waals surface area (Å²) >= 11 is 10.8. The molecule has 16 heteroatoms. The number of fused-ring (bicyclic) bond motifs is 1. The Balaban J connectivity index is 1.48. The third-order valence-corrected chi connectivity index (χ3v) is 18.4. The zero-order chi connectivity index (χ0) is 44.8. The summed E-state index contributed by atoms with van der Waals surface area (Å²) in [5.74, 6) is -2.14. The van der Waals surface area contributed by atoms with Gasteiger partial charge in [0.25, 0.3) is 14.2 Å². The molecule has 0 bridgehead atoms. The maximum absolute atomic E-state index is 14.4. The number of methoxy groups -OCH3 is 2. The maximum atomic E-state index is 14.4. The lowest BCUT2D eigenvalue weighted by Crippen LogP contribution is -2.50. The maximum Gasteiger partial charge on any atom is 0.408 e. The lowest BCUT2D eigenvalue weighted by Gasteiger charge is -2.42. The normalized spacial score (nSPS) is 16.2. The van der Waals surface area contributed by atoms with Gasteiger partial charge in [0, 0.05) is 23.6 Å². The molecule has 3 amide bonds. The minimum atomic E-state index is -2.23. The van der Waals surface area contributed by atoms with Gasteiger partial charge in [-0.3, -0.25) is 14.5 Å². The molecule has 2 N–H and O–H groups in total. The second-order valence-electron chi connectivity index (χ2n) is 16.4. The van der Waals surface area contributed by atoms with E-state index in [1.54, 1.807) is 18.2 Å². The summed E-state index contributed by atoms with van der Waals surface area (Å²) < 4.78 is 29.7. The van der Waals surface area contributed by atoms with Crippen molar-refractivity contribution < 1.29 is 42.2 Å². The number of nitrogens with zero attached hydrogens (tertiary/aromatic N) is 2. The molecule has 0 radical (unpaired) electrons. The van der Waals surface area contributed by atoms with E-state index in [1.165, 1.54) is 19.1 Å². The Hall–Kier alpha value is -4.70. The molecule has 3 aromatic carbocycles. The van der Waals surface area contributed by atoms with Crippen molar-refractivity contribution in [3.63, 3.8) is 0 Å². The van der Waals surface area contributed by atoms with Crippen molar-refractivity contribution in [3.8, 4) is 5.75 Å². The number of alkyl carbamates (subject to hydrolysis) is 1. The van der Waals surface area contributed by atoms with Gasteiger partial charge in [-0.15, -0.1) is 0 Å². The van der Waals surface area contributed by atoms with Gasteiger partial charge in [-0.1, -0.05) is 122 Å². The number of halogens is 2. The van der Waals surface area contributed by atoms with Crippen LogP contribution in [0.5, 0.6) is 5.75 Å². The molecule has 4 aromatic rings. The third kappa shape index (κ3) is 9.85. The Labute approximate surface area is 372 Å². The number of aromatic nitrogens is 1. The number of para-hydroxylation sites is 1. The lowest BCUT2D eigenvalue weighted by molar-refractivity contribution is -0.124. The number of esters is 1. The molecule has 1 aliphatic rings. The lowest BCUT2D eigenvalue weighted by atomic mass is 9.95. The molecule has 3 atom stereocenters. The molecule has 0 spiro atoms. The number of benzene rings is 3. The summed E-state index contributed by atoms with van der Waals surface area (Å²) in [5.41, 5.74) is 3.07. The standard InChI is InChI=1S/C45H56BrClN4O9Si/c1-26(2)36(41-50-37(42(53)57-10)39(59-41)45(47)33-17-14-18-34(46)38(33)51(25-56-9)43(45)54)49-40(52)35(48-44(55)58-24-31-15-12-11-13-16-31)23-30-19-21-32(22-20-30)60-61(27(3)4,28(5)6)29(7)8/h11-22,26-29,35-36H,23-25H2,1-10H3,(H,48,55)(H,49,52)/t35-,36-,45?/m0/s1. The van der Waals surface area contributed by atoms with Crippen molar-refractivity contribution in [2.75, 3.05) is 25.9 Å². The number of carbonyl (C=O) groups excluding carboxylic acids is 4. The van der Waals surface area contributed by atoms with Crippen LogP contribution in [0.3, 0.4) is 0 Å². The molecule has 0 saturated carbocycles. The topological polar surface area (TPSA) is 159 Å². The Morgan fingerprint density at radius 2 is 1.51 bits per heavy atom. The number of amides is 3. The quantitative estimate of drug-likeness (QED) is 0.0559. The van der Waals surface area contributed by atoms with Crippen LogP contribution >= 0.6 is 27.5 Å². The largest absolute Gasteiger partial charge is 0.543 e. The predicted octanol–water partition coefficient (Wildman–Crippen LogP) is 9.56. The van der Waals surface area contributed by atoms with Crippen molar-refractivity contribution >= 4 is 65.4 Å². The molecule has 0 fully saturated rings. The third-order valence-electron chi connectivity index (χ3n) is 11.2. The fourth-order valence-corrected chi connectivity index (χ4v) is 14.5. The van der Waals surface area contributed by atoms with Crippen LogP contribution in [0.25, 0.3) is 0 Å². The van der Waals surface area contributed by atoms with Gasteiger partial charge in [-0.05, 0) is 67.8 Å². The molecule has 0 saturated heterocycles. The highest BCUT2D eigenvalue weighted by molar-refractivity contribution is 9.10. The van der Waals surface area contributed by atoms with Crippen molar-refractivity contribution in [2.45, 2.75) is 102 Å². The minimum Gasteiger partial charge on any atom is -0.543 e. The Kier molecular flexibility index (Phi) is 15.5. The summed E-state index contributed by atoms with van der Waals surface area (Å²) in [6, 6.07) is 19.8. The highest BCUT2D eigenvalue weighted by atomic mass is 79.9. The molecule has 5 rings (SSSR count). The molecule has 1 unspecified atom stereocenters. The van der Waals surface area contributed by atoms with Gasteiger partial charge in [0.2, 0.25) is 16.7 Å². The van der Waals surface area contributed by atoms with E-state index in [4.69, 9.17) is 34.7 Å². The van der Waals surface area contributed by atoms with Crippen LogP contribution < -0.4 is 20.0 Å². The molecule has 0 aliphatic carbocycles. The summed E-state index contributed by atoms with van der Waals surface area (Å²) in [6.45, 7) is 16.8. The summed E-state index contributed by atoms with van der Waals surface area (Å²) in [7, 11) is 0.378. The first kappa shape index (κ1) is 47.3. The van der Waals surface area contributed by atoms with E-state index < -0.39 is 49.2 Å². The van der Waals surface area contributed by atoms with E-state index in [9.17, 15) is 19.2 Å². The monoisotopic (exact) mass is 938 g/mol. The highest BCUT2D eigenvalue weighted by Crippen LogP contribution is 2.53. The number of carbonyl (C=O) groups is 4. The van der Waals surface area contributed by atoms with Gasteiger partial charge < -0.3 is 33.7 Å². The Morgan fingerprint density at radius 3 is 2.08 bits per heavy atom. The summed E-state index contributed by atoms with van der Waals surface area (Å²) in [4.78, 5) is 59.1. The second kappa shape index (κ2) is 20.0. The van der Waals surface area contributed by atoms with Crippen LogP contribution in [-0.2, 0) is 41.7 Å². The van der Waals surface area contributed by atoms with Crippen LogP contribution in [0.4, 0.5) is 10.5 Å². The number of hydrogen-bond acceptors (Lipinski definition) is 10. The molecule has 13 nitrogen and oxygen atoms in total. The minimum absolute atomic E-state index is 0.00926. The molecule has 328 valence electrons. The number of alkyl halides is 1. The van der Waals surface area contributed by atoms with Gasteiger partial charge >= 0.3 is 12.1 Å². The fraction of sp³-hybridized carbons (Fsp3) is 0.444. The first-order valence-corrected chi connectivity index (χ1v) is 23.6. The molecular formula is C45H56BrClN4O9Si. The average molecular weight is 940 g/mol. The zero-order valence-electron chi connectivity index (χ0n) is 36.3. The summed E-state index contributed by atoms with van der Waals surface area (Å²) in [6.07, 6.45) is -0.712. The predicted molar refractivity (Wildman–Crippen MR) is 239 cm³/mol. The van der Waals surface area contributed by atoms with E-state index in [0.717, 1.165) is 16.9 Å². The van der Waals surface area contributed by atoms with Gasteiger partial charge in [-0.2, -0.15) is 0 Å². The molecule has 2 heterocycles. The van der Waals surface area contributed by atoms with E-state index in [2.05, 4.69) is 73.1 Å². The Morgan fingerprint density at radius 1 is 0.869 bits per heavy atom. The van der Waals surface area contributed by atoms with Crippen molar-refractivity contribution in [1.29, 1.82) is 0 Å². The molecule has 1 aromatic heterocycles. The number of hydrogen-bond donors (Lipinski definition) is 2. The van der Waals surface area contributed by atoms with Crippen LogP contribution in [0.2, 0.25) is 16.6 Å². The fourth-order valence-electron chi connectivity index (χ4n) is 8.25. The van der Waals surface area contributed by atoms with Gasteiger partial charge in [0.1, 0.15) is 31.2 Å². The number of oxazole rings is 1. The van der Waals surface area contributed by atoms with Crippen LogP contribution in [-0.4, -0.2) is 64.2 Å². The molecular weight excluding hydrogens is 884 g/mol.